The van der Waals surface area contributed by atoms with E-state index in [0.29, 0.717) is 5.69 Å². The Kier molecular flexibility index (Phi) is 6.16. The van der Waals surface area contributed by atoms with Crippen LogP contribution in [0.25, 0.3) is 10.8 Å². The predicted molar refractivity (Wildman–Crippen MR) is 115 cm³/mol. The second-order valence-corrected chi connectivity index (χ2v) is 7.20. The number of nitrogens with zero attached hydrogens (tertiary/aromatic N) is 1. The van der Waals surface area contributed by atoms with Gasteiger partial charge in [0.25, 0.3) is 0 Å². The molecule has 30 heavy (non-hydrogen) atoms. The summed E-state index contributed by atoms with van der Waals surface area (Å²) in [6, 6.07) is 17.1. The van der Waals surface area contributed by atoms with Crippen molar-refractivity contribution >= 4 is 34.1 Å². The Morgan fingerprint density at radius 2 is 1.63 bits per heavy atom. The van der Waals surface area contributed by atoms with Crippen molar-refractivity contribution in [1.82, 2.24) is 0 Å². The molecule has 0 atom stereocenters. The summed E-state index contributed by atoms with van der Waals surface area (Å²) < 4.78 is 5.28. The van der Waals surface area contributed by atoms with Gasteiger partial charge in [-0.1, -0.05) is 24.3 Å². The predicted octanol–water partition coefficient (Wildman–Crippen LogP) is 4.04. The normalized spacial score (nSPS) is 10.6. The number of fused-ring (bicyclic) bond motifs is 1. The molecule has 3 aromatic rings. The summed E-state index contributed by atoms with van der Waals surface area (Å²) in [5.41, 5.74) is 3.54. The highest BCUT2D eigenvalue weighted by Crippen LogP contribution is 2.25. The summed E-state index contributed by atoms with van der Waals surface area (Å²) in [4.78, 5) is 36.9. The zero-order valence-corrected chi connectivity index (χ0v) is 17.1. The number of carboxylic acids is 1. The first kappa shape index (κ1) is 21.0. The number of hydrogen-bond donors (Lipinski definition) is 1. The second-order valence-electron chi connectivity index (χ2n) is 7.20. The molecule has 3 rings (SSSR count). The van der Waals surface area contributed by atoms with E-state index < -0.39 is 24.1 Å². The lowest BCUT2D eigenvalue weighted by atomic mass is 10.0. The monoisotopic (exact) mass is 405 g/mol. The number of hydrogen-bond acceptors (Lipinski definition) is 4. The van der Waals surface area contributed by atoms with E-state index >= 15 is 0 Å². The van der Waals surface area contributed by atoms with Gasteiger partial charge in [-0.15, -0.1) is 0 Å². The third kappa shape index (κ3) is 4.66. The molecule has 1 amide bonds. The molecular formula is C24H23NO5. The number of carboxylic acid groups (broad SMARTS) is 1. The minimum atomic E-state index is -1.61. The van der Waals surface area contributed by atoms with Crippen LogP contribution in [0.4, 0.5) is 5.69 Å². The van der Waals surface area contributed by atoms with Crippen LogP contribution in [-0.4, -0.2) is 29.9 Å². The van der Waals surface area contributed by atoms with Gasteiger partial charge in [0.1, 0.15) is 5.75 Å². The van der Waals surface area contributed by atoms with Crippen molar-refractivity contribution in [3.63, 3.8) is 0 Å². The van der Waals surface area contributed by atoms with E-state index in [2.05, 4.69) is 0 Å². The smallest absolute Gasteiger partial charge is 0.372 e. The summed E-state index contributed by atoms with van der Waals surface area (Å²) >= 11 is 0. The minimum absolute atomic E-state index is 0.210. The molecule has 0 saturated heterocycles. The fraction of sp³-hybridized carbons (Fsp3) is 0.208. The quantitative estimate of drug-likeness (QED) is 0.474. The maximum Gasteiger partial charge on any atom is 0.372 e. The van der Waals surface area contributed by atoms with Gasteiger partial charge >= 0.3 is 5.97 Å². The average molecular weight is 405 g/mol. The van der Waals surface area contributed by atoms with E-state index in [1.807, 2.05) is 62.4 Å². The molecule has 154 valence electrons. The molecule has 0 unspecified atom stereocenters. The topological polar surface area (TPSA) is 83.9 Å². The first-order chi connectivity index (χ1) is 14.3. The Balaban J connectivity index is 1.97. The number of ketones is 1. The van der Waals surface area contributed by atoms with Gasteiger partial charge in [-0.05, 0) is 71.6 Å². The summed E-state index contributed by atoms with van der Waals surface area (Å²) in [6.45, 7) is 4.11. The highest BCUT2D eigenvalue weighted by atomic mass is 16.5. The highest BCUT2D eigenvalue weighted by molar-refractivity contribution is 6.36. The Hall–Kier alpha value is -3.67. The van der Waals surface area contributed by atoms with E-state index in [1.54, 1.807) is 13.2 Å². The SMILES string of the molecule is COc1ccc2ccc(CN(C(=O)CC(=O)C(=O)O)c3ccc(C)c(C)c3)cc2c1. The maximum absolute atomic E-state index is 12.8. The molecule has 0 heterocycles. The first-order valence-electron chi connectivity index (χ1n) is 9.49. The number of benzene rings is 3. The van der Waals surface area contributed by atoms with Gasteiger partial charge in [0, 0.05) is 5.69 Å². The van der Waals surface area contributed by atoms with Crippen molar-refractivity contribution in [2.75, 3.05) is 12.0 Å². The van der Waals surface area contributed by atoms with E-state index in [1.165, 1.54) is 4.90 Å². The molecule has 6 nitrogen and oxygen atoms in total. The van der Waals surface area contributed by atoms with Gasteiger partial charge in [0.15, 0.2) is 0 Å². The summed E-state index contributed by atoms with van der Waals surface area (Å²) in [5.74, 6) is -2.57. The number of aliphatic carboxylic acids is 1. The first-order valence-corrected chi connectivity index (χ1v) is 9.49. The average Bonchev–Trinajstić information content (AvgIpc) is 2.73. The van der Waals surface area contributed by atoms with Crippen molar-refractivity contribution in [2.24, 2.45) is 0 Å². The molecule has 3 aromatic carbocycles. The number of amides is 1. The van der Waals surface area contributed by atoms with Crippen LogP contribution >= 0.6 is 0 Å². The van der Waals surface area contributed by atoms with Crippen molar-refractivity contribution in [2.45, 2.75) is 26.8 Å². The van der Waals surface area contributed by atoms with Gasteiger partial charge in [0.05, 0.1) is 20.1 Å². The number of aryl methyl sites for hydroxylation is 2. The third-order valence-corrected chi connectivity index (χ3v) is 5.11. The van der Waals surface area contributed by atoms with Crippen LogP contribution in [0.15, 0.2) is 54.6 Å². The maximum atomic E-state index is 12.8. The van der Waals surface area contributed by atoms with Crippen LogP contribution < -0.4 is 9.64 Å². The van der Waals surface area contributed by atoms with Crippen molar-refractivity contribution < 1.29 is 24.2 Å². The summed E-state index contributed by atoms with van der Waals surface area (Å²) in [7, 11) is 1.60. The number of Topliss-reactive ketones (excluding diaryl/α,β-unsaturated/α-hetero) is 1. The Labute approximate surface area is 174 Å². The number of carbonyl (C=O) groups is 3. The molecule has 0 bridgehead atoms. The van der Waals surface area contributed by atoms with Gasteiger partial charge in [0.2, 0.25) is 11.7 Å². The molecule has 6 heteroatoms. The van der Waals surface area contributed by atoms with Gasteiger partial charge in [-0.2, -0.15) is 0 Å². The molecule has 0 aliphatic heterocycles. The molecule has 1 N–H and O–H groups in total. The van der Waals surface area contributed by atoms with Crippen LogP contribution in [0.5, 0.6) is 5.75 Å². The van der Waals surface area contributed by atoms with E-state index in [0.717, 1.165) is 33.2 Å². The molecule has 0 fully saturated rings. The molecule has 0 spiro atoms. The van der Waals surface area contributed by atoms with Gasteiger partial charge in [-0.3, -0.25) is 9.59 Å². The van der Waals surface area contributed by atoms with Crippen LogP contribution in [-0.2, 0) is 20.9 Å². The summed E-state index contributed by atoms with van der Waals surface area (Å²) in [6.07, 6.45) is -0.691. The van der Waals surface area contributed by atoms with E-state index in [9.17, 15) is 14.4 Å². The number of methoxy groups -OCH3 is 1. The number of anilines is 1. The summed E-state index contributed by atoms with van der Waals surface area (Å²) in [5, 5.41) is 10.9. The molecular weight excluding hydrogens is 382 g/mol. The lowest BCUT2D eigenvalue weighted by molar-refractivity contribution is -0.150. The standard InChI is InChI=1S/C24H23NO5/c1-15-4-8-20(10-16(15)2)25(23(27)13-22(26)24(28)29)14-17-5-6-18-7-9-21(30-3)12-19(18)11-17/h4-12H,13-14H2,1-3H3,(H,28,29). The van der Waals surface area contributed by atoms with Crippen molar-refractivity contribution in [3.05, 3.63) is 71.3 Å². The second kappa shape index (κ2) is 8.78. The van der Waals surface area contributed by atoms with Crippen LogP contribution in [0.1, 0.15) is 23.1 Å². The lowest BCUT2D eigenvalue weighted by Gasteiger charge is -2.24. The molecule has 0 aromatic heterocycles. The van der Waals surface area contributed by atoms with Gasteiger partial charge in [-0.25, -0.2) is 4.79 Å². The lowest BCUT2D eigenvalue weighted by Crippen LogP contribution is -2.33. The fourth-order valence-electron chi connectivity index (χ4n) is 3.21. The van der Waals surface area contributed by atoms with Crippen molar-refractivity contribution in [1.29, 1.82) is 0 Å². The largest absolute Gasteiger partial charge is 0.497 e. The zero-order chi connectivity index (χ0) is 21.8. The van der Waals surface area contributed by atoms with Crippen molar-refractivity contribution in [3.8, 4) is 5.75 Å². The molecule has 0 aliphatic rings. The van der Waals surface area contributed by atoms with Crippen LogP contribution in [0.3, 0.4) is 0 Å². The van der Waals surface area contributed by atoms with Gasteiger partial charge < -0.3 is 14.7 Å². The zero-order valence-electron chi connectivity index (χ0n) is 17.1. The third-order valence-electron chi connectivity index (χ3n) is 5.11. The Bertz CT molecular complexity index is 1140. The number of rotatable bonds is 7. The Morgan fingerprint density at radius 1 is 0.900 bits per heavy atom. The van der Waals surface area contributed by atoms with Crippen LogP contribution in [0, 0.1) is 13.8 Å². The molecule has 0 saturated carbocycles. The van der Waals surface area contributed by atoms with E-state index in [4.69, 9.17) is 9.84 Å². The Morgan fingerprint density at radius 3 is 2.30 bits per heavy atom. The number of ether oxygens (including phenoxy) is 1. The van der Waals surface area contributed by atoms with Crippen LogP contribution in [0.2, 0.25) is 0 Å². The molecule has 0 radical (unpaired) electrons. The highest BCUT2D eigenvalue weighted by Gasteiger charge is 2.23. The minimum Gasteiger partial charge on any atom is -0.497 e. The fourth-order valence-corrected chi connectivity index (χ4v) is 3.21. The van der Waals surface area contributed by atoms with E-state index in [-0.39, 0.29) is 6.54 Å². The number of carbonyl (C=O) groups excluding carboxylic acids is 2. The molecule has 0 aliphatic carbocycles.